The van der Waals surface area contributed by atoms with Crippen molar-refractivity contribution in [2.24, 2.45) is 11.7 Å². The highest BCUT2D eigenvalue weighted by Crippen LogP contribution is 2.39. The zero-order valence-corrected chi connectivity index (χ0v) is 14.2. The van der Waals surface area contributed by atoms with Crippen LogP contribution in [0.1, 0.15) is 33.1 Å². The van der Waals surface area contributed by atoms with E-state index in [1.165, 1.54) is 19.1 Å². The van der Waals surface area contributed by atoms with Crippen LogP contribution in [-0.4, -0.2) is 31.7 Å². The second-order valence-electron chi connectivity index (χ2n) is 6.46. The summed E-state index contributed by atoms with van der Waals surface area (Å²) >= 11 is 0. The Kier molecular flexibility index (Phi) is 5.10. The van der Waals surface area contributed by atoms with Crippen LogP contribution in [0.5, 0.6) is 0 Å². The normalized spacial score (nSPS) is 19.0. The van der Waals surface area contributed by atoms with Crippen molar-refractivity contribution in [1.82, 2.24) is 5.32 Å². The Bertz CT molecular complexity index is 671. The second-order valence-corrected chi connectivity index (χ2v) is 8.82. The average Bonchev–Trinajstić information content (AvgIpc) is 3.32. The van der Waals surface area contributed by atoms with Gasteiger partial charge in [0.05, 0.1) is 15.7 Å². The first-order valence-corrected chi connectivity index (χ1v) is 9.24. The molecule has 0 heterocycles. The van der Waals surface area contributed by atoms with E-state index in [-0.39, 0.29) is 17.2 Å². The van der Waals surface area contributed by atoms with E-state index in [0.29, 0.717) is 12.5 Å². The molecule has 0 bridgehead atoms. The second kappa shape index (κ2) is 6.57. The van der Waals surface area contributed by atoms with Crippen LogP contribution in [0, 0.1) is 11.7 Å². The van der Waals surface area contributed by atoms with E-state index >= 15 is 0 Å². The van der Waals surface area contributed by atoms with Gasteiger partial charge in [-0.05, 0) is 56.9 Å². The summed E-state index contributed by atoms with van der Waals surface area (Å²) < 4.78 is 37.8. The summed E-state index contributed by atoms with van der Waals surface area (Å²) in [5, 5.41) is 1.99. The van der Waals surface area contributed by atoms with Crippen molar-refractivity contribution in [3.8, 4) is 0 Å². The van der Waals surface area contributed by atoms with Crippen LogP contribution in [-0.2, 0) is 14.6 Å². The third-order valence-corrected chi connectivity index (χ3v) is 6.63. The highest BCUT2D eigenvalue weighted by Gasteiger charge is 2.41. The molecule has 0 saturated heterocycles. The first kappa shape index (κ1) is 17.9. The zero-order valence-electron chi connectivity index (χ0n) is 13.4. The Morgan fingerprint density at radius 3 is 2.43 bits per heavy atom. The van der Waals surface area contributed by atoms with Crippen LogP contribution in [0.15, 0.2) is 29.2 Å². The van der Waals surface area contributed by atoms with Gasteiger partial charge in [0.15, 0.2) is 9.84 Å². The highest BCUT2D eigenvalue weighted by atomic mass is 32.2. The van der Waals surface area contributed by atoms with Gasteiger partial charge in [-0.25, -0.2) is 12.8 Å². The fourth-order valence-corrected chi connectivity index (χ4v) is 3.99. The molecule has 23 heavy (non-hydrogen) atoms. The zero-order chi connectivity index (χ0) is 17.3. The summed E-state index contributed by atoms with van der Waals surface area (Å²) in [5.74, 6) is -0.471. The molecule has 7 heteroatoms. The molecule has 5 nitrogen and oxygen atoms in total. The lowest BCUT2D eigenvalue weighted by molar-refractivity contribution is -0.123. The number of amides is 1. The van der Waals surface area contributed by atoms with Gasteiger partial charge in [-0.15, -0.1) is 0 Å². The molecule has 1 aliphatic carbocycles. The molecule has 1 saturated carbocycles. The molecule has 2 unspecified atom stereocenters. The molecule has 0 aromatic heterocycles. The van der Waals surface area contributed by atoms with Gasteiger partial charge in [-0.2, -0.15) is 0 Å². The lowest BCUT2D eigenvalue weighted by Crippen LogP contribution is -2.53. The van der Waals surface area contributed by atoms with E-state index in [1.807, 2.05) is 6.92 Å². The molecule has 1 aromatic carbocycles. The van der Waals surface area contributed by atoms with Crippen LogP contribution in [0.3, 0.4) is 0 Å². The van der Waals surface area contributed by atoms with Crippen molar-refractivity contribution >= 4 is 15.7 Å². The van der Waals surface area contributed by atoms with Gasteiger partial charge in [-0.3, -0.25) is 4.79 Å². The van der Waals surface area contributed by atoms with E-state index in [2.05, 4.69) is 5.32 Å². The molecule has 2 rings (SSSR count). The molecule has 2 atom stereocenters. The maximum absolute atomic E-state index is 12.9. The molecular formula is C16H23FN2O3S. The Morgan fingerprint density at radius 2 is 1.96 bits per heavy atom. The molecule has 0 spiro atoms. The van der Waals surface area contributed by atoms with Crippen LogP contribution < -0.4 is 11.1 Å². The van der Waals surface area contributed by atoms with E-state index in [9.17, 15) is 17.6 Å². The number of nitrogens with one attached hydrogen (secondary N) is 1. The predicted molar refractivity (Wildman–Crippen MR) is 86.0 cm³/mol. The Morgan fingerprint density at radius 1 is 1.39 bits per heavy atom. The van der Waals surface area contributed by atoms with Crippen molar-refractivity contribution < 1.29 is 17.6 Å². The van der Waals surface area contributed by atoms with Gasteiger partial charge < -0.3 is 11.1 Å². The van der Waals surface area contributed by atoms with Gasteiger partial charge in [-0.1, -0.05) is 0 Å². The lowest BCUT2D eigenvalue weighted by Gasteiger charge is -2.30. The molecule has 0 radical (unpaired) electrons. The number of hydrogen-bond donors (Lipinski definition) is 2. The maximum atomic E-state index is 12.9. The van der Waals surface area contributed by atoms with Crippen LogP contribution in [0.25, 0.3) is 0 Å². The van der Waals surface area contributed by atoms with Gasteiger partial charge in [0.1, 0.15) is 5.82 Å². The van der Waals surface area contributed by atoms with E-state index in [1.54, 1.807) is 0 Å². The number of halogens is 1. The fraction of sp³-hybridized carbons (Fsp3) is 0.562. The van der Waals surface area contributed by atoms with Gasteiger partial charge in [0, 0.05) is 13.0 Å². The monoisotopic (exact) mass is 342 g/mol. The summed E-state index contributed by atoms with van der Waals surface area (Å²) in [7, 11) is -3.68. The predicted octanol–water partition coefficient (Wildman–Crippen LogP) is 1.62. The minimum atomic E-state index is -3.68. The fourth-order valence-electron chi connectivity index (χ4n) is 2.64. The number of benzene rings is 1. The Labute approximate surface area is 136 Å². The van der Waals surface area contributed by atoms with Crippen molar-refractivity contribution in [3.05, 3.63) is 30.1 Å². The number of carbonyl (C=O) groups is 1. The van der Waals surface area contributed by atoms with Crippen LogP contribution >= 0.6 is 0 Å². The average molecular weight is 342 g/mol. The summed E-state index contributed by atoms with van der Waals surface area (Å²) in [6.45, 7) is 3.69. The number of rotatable bonds is 7. The number of sulfone groups is 1. The molecule has 3 N–H and O–H groups in total. The summed E-state index contributed by atoms with van der Waals surface area (Å²) in [5.41, 5.74) is 5.27. The Balaban J connectivity index is 2.04. The van der Waals surface area contributed by atoms with E-state index < -0.39 is 26.4 Å². The van der Waals surface area contributed by atoms with Crippen molar-refractivity contribution in [3.63, 3.8) is 0 Å². The van der Waals surface area contributed by atoms with Crippen molar-refractivity contribution in [2.75, 3.05) is 6.54 Å². The first-order valence-electron chi connectivity index (χ1n) is 7.69. The summed E-state index contributed by atoms with van der Waals surface area (Å²) in [6, 6.07) is 4.62. The maximum Gasteiger partial charge on any atom is 0.221 e. The lowest BCUT2D eigenvalue weighted by atomic mass is 9.95. The Hall–Kier alpha value is -1.47. The highest BCUT2D eigenvalue weighted by molar-refractivity contribution is 7.92. The smallest absolute Gasteiger partial charge is 0.221 e. The third kappa shape index (κ3) is 4.09. The van der Waals surface area contributed by atoms with E-state index in [0.717, 1.165) is 25.0 Å². The third-order valence-electron chi connectivity index (χ3n) is 4.47. The van der Waals surface area contributed by atoms with E-state index in [4.69, 9.17) is 5.73 Å². The largest absolute Gasteiger partial charge is 0.349 e. The SMILES string of the molecule is CC(CC(=O)NC(C)(CN)C1CC1)S(=O)(=O)c1ccc(F)cc1. The molecule has 1 aromatic rings. The quantitative estimate of drug-likeness (QED) is 0.737. The van der Waals surface area contributed by atoms with Gasteiger partial charge >= 0.3 is 0 Å². The molecule has 1 fully saturated rings. The standard InChI is InChI=1S/C16H23FN2O3S/c1-11(23(21,22)14-7-5-13(17)6-8-14)9-15(20)19-16(2,10-18)12-3-4-12/h5-8,11-12H,3-4,9-10,18H2,1-2H3,(H,19,20). The number of nitrogens with two attached hydrogens (primary N) is 1. The van der Waals surface area contributed by atoms with Gasteiger partial charge in [0.2, 0.25) is 5.91 Å². The minimum Gasteiger partial charge on any atom is -0.349 e. The number of hydrogen-bond acceptors (Lipinski definition) is 4. The summed E-state index contributed by atoms with van der Waals surface area (Å²) in [6.07, 6.45) is 1.90. The topological polar surface area (TPSA) is 89.3 Å². The molecule has 0 aliphatic heterocycles. The van der Waals surface area contributed by atoms with Crippen LogP contribution in [0.4, 0.5) is 4.39 Å². The molecule has 128 valence electrons. The number of carbonyl (C=O) groups excluding carboxylic acids is 1. The molecule has 1 amide bonds. The van der Waals surface area contributed by atoms with Gasteiger partial charge in [0.25, 0.3) is 0 Å². The molecular weight excluding hydrogens is 319 g/mol. The van der Waals surface area contributed by atoms with Crippen LogP contribution in [0.2, 0.25) is 0 Å². The first-order chi connectivity index (χ1) is 10.7. The van der Waals surface area contributed by atoms with Crippen molar-refractivity contribution in [2.45, 2.75) is 48.8 Å². The molecule has 1 aliphatic rings. The minimum absolute atomic E-state index is 0.0166. The summed E-state index contributed by atoms with van der Waals surface area (Å²) in [4.78, 5) is 12.2. The van der Waals surface area contributed by atoms with Crippen molar-refractivity contribution in [1.29, 1.82) is 0 Å².